The number of hydrogen-bond acceptors (Lipinski definition) is 6. The molecule has 3 aromatic rings. The van der Waals surface area contributed by atoms with E-state index in [9.17, 15) is 4.79 Å². The molecule has 5 nitrogen and oxygen atoms in total. The summed E-state index contributed by atoms with van der Waals surface area (Å²) in [5, 5.41) is 6.42. The molecule has 0 saturated heterocycles. The van der Waals surface area contributed by atoms with Gasteiger partial charge in [-0.1, -0.05) is 12.1 Å². The van der Waals surface area contributed by atoms with E-state index < -0.39 is 0 Å². The van der Waals surface area contributed by atoms with Crippen molar-refractivity contribution in [2.24, 2.45) is 0 Å². The Morgan fingerprint density at radius 1 is 1.26 bits per heavy atom. The van der Waals surface area contributed by atoms with Crippen LogP contribution in [0, 0.1) is 0 Å². The zero-order valence-corrected chi connectivity index (χ0v) is 10.9. The smallest absolute Gasteiger partial charge is 0.188 e. The first-order valence-corrected chi connectivity index (χ1v) is 6.55. The molecule has 0 atom stereocenters. The van der Waals surface area contributed by atoms with Crippen molar-refractivity contribution in [3.63, 3.8) is 0 Å². The summed E-state index contributed by atoms with van der Waals surface area (Å²) in [6.45, 7) is 1.50. The van der Waals surface area contributed by atoms with Gasteiger partial charge in [-0.15, -0.1) is 11.3 Å². The van der Waals surface area contributed by atoms with Crippen molar-refractivity contribution < 1.29 is 4.79 Å². The van der Waals surface area contributed by atoms with Gasteiger partial charge in [0, 0.05) is 17.7 Å². The van der Waals surface area contributed by atoms with Crippen LogP contribution in [-0.2, 0) is 0 Å². The van der Waals surface area contributed by atoms with Crippen molar-refractivity contribution in [2.45, 2.75) is 6.92 Å². The molecule has 0 bridgehead atoms. The molecule has 3 rings (SSSR count). The largest absolute Gasteiger partial charge is 0.316 e. The first-order chi connectivity index (χ1) is 9.24. The Morgan fingerprint density at radius 2 is 2.11 bits per heavy atom. The van der Waals surface area contributed by atoms with E-state index in [0.29, 0.717) is 16.6 Å². The van der Waals surface area contributed by atoms with Crippen LogP contribution in [0.1, 0.15) is 17.4 Å². The van der Waals surface area contributed by atoms with Crippen LogP contribution in [0.3, 0.4) is 0 Å². The molecular formula is C13H10N4OS. The minimum absolute atomic E-state index is 0.0446. The second-order valence-corrected chi connectivity index (χ2v) is 4.82. The second kappa shape index (κ2) is 4.74. The molecule has 2 heterocycles. The third-order valence-electron chi connectivity index (χ3n) is 2.63. The van der Waals surface area contributed by atoms with Gasteiger partial charge in [-0.05, 0) is 12.1 Å². The maximum Gasteiger partial charge on any atom is 0.188 e. The molecule has 0 aliphatic heterocycles. The number of benzene rings is 1. The van der Waals surface area contributed by atoms with Crippen LogP contribution in [0.5, 0.6) is 0 Å². The van der Waals surface area contributed by atoms with Crippen LogP contribution >= 0.6 is 11.3 Å². The minimum Gasteiger partial charge on any atom is -0.316 e. The molecule has 0 radical (unpaired) electrons. The predicted octanol–water partition coefficient (Wildman–Crippen LogP) is 3.03. The number of para-hydroxylation sites is 1. The second-order valence-electron chi connectivity index (χ2n) is 3.96. The summed E-state index contributed by atoms with van der Waals surface area (Å²) in [7, 11) is 0. The van der Waals surface area contributed by atoms with Gasteiger partial charge >= 0.3 is 0 Å². The van der Waals surface area contributed by atoms with Gasteiger partial charge in [0.15, 0.2) is 10.9 Å². The lowest BCUT2D eigenvalue weighted by Gasteiger charge is -2.04. The zero-order valence-electron chi connectivity index (χ0n) is 10.1. The van der Waals surface area contributed by atoms with Gasteiger partial charge in [-0.25, -0.2) is 15.0 Å². The molecule has 6 heteroatoms. The van der Waals surface area contributed by atoms with E-state index in [0.717, 1.165) is 10.9 Å². The van der Waals surface area contributed by atoms with Gasteiger partial charge in [0.1, 0.15) is 17.8 Å². The number of hydrogen-bond donors (Lipinski definition) is 1. The van der Waals surface area contributed by atoms with E-state index >= 15 is 0 Å². The van der Waals surface area contributed by atoms with Crippen molar-refractivity contribution in [1.82, 2.24) is 15.0 Å². The quantitative estimate of drug-likeness (QED) is 0.741. The Morgan fingerprint density at radius 3 is 2.89 bits per heavy atom. The first kappa shape index (κ1) is 11.7. The number of rotatable bonds is 3. The van der Waals surface area contributed by atoms with Gasteiger partial charge in [0.25, 0.3) is 0 Å². The van der Waals surface area contributed by atoms with Crippen LogP contribution in [0.25, 0.3) is 10.9 Å². The number of Topliss-reactive ketones (excluding diaryl/α,β-unsaturated/α-hetero) is 1. The highest BCUT2D eigenvalue weighted by molar-refractivity contribution is 7.14. The van der Waals surface area contributed by atoms with Gasteiger partial charge in [0.05, 0.1) is 5.52 Å². The Bertz CT molecular complexity index is 748. The van der Waals surface area contributed by atoms with Crippen molar-refractivity contribution in [3.05, 3.63) is 41.7 Å². The molecule has 0 aliphatic rings. The average Bonchev–Trinajstić information content (AvgIpc) is 2.88. The van der Waals surface area contributed by atoms with Crippen molar-refractivity contribution in [2.75, 3.05) is 5.32 Å². The Balaban J connectivity index is 1.98. The number of anilines is 2. The molecule has 0 spiro atoms. The molecule has 1 N–H and O–H groups in total. The third-order valence-corrected chi connectivity index (χ3v) is 3.39. The van der Waals surface area contributed by atoms with Crippen molar-refractivity contribution >= 4 is 39.0 Å². The molecule has 0 saturated carbocycles. The normalized spacial score (nSPS) is 10.6. The van der Waals surface area contributed by atoms with Gasteiger partial charge in [-0.2, -0.15) is 0 Å². The molecule has 1 aromatic carbocycles. The van der Waals surface area contributed by atoms with Crippen molar-refractivity contribution in [1.29, 1.82) is 0 Å². The highest BCUT2D eigenvalue weighted by Gasteiger charge is 2.08. The Kier molecular flexibility index (Phi) is 2.92. The fourth-order valence-corrected chi connectivity index (χ4v) is 2.45. The number of fused-ring (bicyclic) bond motifs is 1. The number of nitrogens with one attached hydrogen (secondary N) is 1. The SMILES string of the molecule is CC(=O)c1csc(Nc2ncnc3ccccc23)n1. The summed E-state index contributed by atoms with van der Waals surface area (Å²) in [6.07, 6.45) is 1.50. The monoisotopic (exact) mass is 270 g/mol. The fraction of sp³-hybridized carbons (Fsp3) is 0.0769. The van der Waals surface area contributed by atoms with Crippen LogP contribution < -0.4 is 5.32 Å². The standard InChI is InChI=1S/C13H10N4OS/c1-8(18)11-6-19-13(16-11)17-12-9-4-2-3-5-10(9)14-7-15-12/h2-7H,1H3,(H,14,15,16,17). The van der Waals surface area contributed by atoms with E-state index in [1.54, 1.807) is 5.38 Å². The fourth-order valence-electron chi connectivity index (χ4n) is 1.70. The first-order valence-electron chi connectivity index (χ1n) is 5.67. The zero-order chi connectivity index (χ0) is 13.2. The summed E-state index contributed by atoms with van der Waals surface area (Å²) < 4.78 is 0. The lowest BCUT2D eigenvalue weighted by molar-refractivity contribution is 0.101. The number of ketones is 1. The molecule has 0 amide bonds. The van der Waals surface area contributed by atoms with Crippen molar-refractivity contribution in [3.8, 4) is 0 Å². The van der Waals surface area contributed by atoms with Gasteiger partial charge in [-0.3, -0.25) is 4.79 Å². The van der Waals surface area contributed by atoms with E-state index in [2.05, 4.69) is 20.3 Å². The van der Waals surface area contributed by atoms with E-state index in [-0.39, 0.29) is 5.78 Å². The summed E-state index contributed by atoms with van der Waals surface area (Å²) in [6, 6.07) is 7.72. The molecule has 19 heavy (non-hydrogen) atoms. The molecule has 0 aliphatic carbocycles. The molecule has 94 valence electrons. The lowest BCUT2D eigenvalue weighted by atomic mass is 10.2. The summed E-state index contributed by atoms with van der Waals surface area (Å²) in [5.41, 5.74) is 1.33. The highest BCUT2D eigenvalue weighted by Crippen LogP contribution is 2.24. The highest BCUT2D eigenvalue weighted by atomic mass is 32.1. The molecule has 0 fully saturated rings. The van der Waals surface area contributed by atoms with Gasteiger partial charge in [0.2, 0.25) is 0 Å². The Hall–Kier alpha value is -2.34. The number of thiazole rings is 1. The predicted molar refractivity (Wildman–Crippen MR) is 74.9 cm³/mol. The van der Waals surface area contributed by atoms with E-state index in [1.807, 2.05) is 24.3 Å². The summed E-state index contributed by atoms with van der Waals surface area (Å²) in [4.78, 5) is 23.8. The number of nitrogens with zero attached hydrogens (tertiary/aromatic N) is 3. The van der Waals surface area contributed by atoms with E-state index in [1.165, 1.54) is 24.6 Å². The number of carbonyl (C=O) groups is 1. The minimum atomic E-state index is -0.0446. The maximum absolute atomic E-state index is 11.2. The molecule has 0 unspecified atom stereocenters. The van der Waals surface area contributed by atoms with Gasteiger partial charge < -0.3 is 5.32 Å². The van der Waals surface area contributed by atoms with E-state index in [4.69, 9.17) is 0 Å². The Labute approximate surface area is 113 Å². The lowest BCUT2D eigenvalue weighted by Crippen LogP contribution is -1.97. The van der Waals surface area contributed by atoms with Crippen LogP contribution in [-0.4, -0.2) is 20.7 Å². The van der Waals surface area contributed by atoms with Crippen LogP contribution in [0.4, 0.5) is 10.9 Å². The van der Waals surface area contributed by atoms with Crippen LogP contribution in [0.15, 0.2) is 36.0 Å². The summed E-state index contributed by atoms with van der Waals surface area (Å²) in [5.74, 6) is 0.645. The number of carbonyl (C=O) groups excluding carboxylic acids is 1. The molecular weight excluding hydrogens is 260 g/mol. The maximum atomic E-state index is 11.2. The topological polar surface area (TPSA) is 67.8 Å². The van der Waals surface area contributed by atoms with Crippen LogP contribution in [0.2, 0.25) is 0 Å². The third kappa shape index (κ3) is 2.30. The number of aromatic nitrogens is 3. The summed E-state index contributed by atoms with van der Waals surface area (Å²) >= 11 is 1.38. The molecule has 2 aromatic heterocycles. The average molecular weight is 270 g/mol.